The molecule has 1 aliphatic carbocycles. The van der Waals surface area contributed by atoms with Gasteiger partial charge in [0.05, 0.1) is 5.57 Å². The highest BCUT2D eigenvalue weighted by Gasteiger charge is 2.47. The summed E-state index contributed by atoms with van der Waals surface area (Å²) in [4.78, 5) is 11.9. The van der Waals surface area contributed by atoms with Crippen molar-refractivity contribution in [1.82, 2.24) is 0 Å². The van der Waals surface area contributed by atoms with Gasteiger partial charge in [-0.15, -0.1) is 0 Å². The number of rotatable bonds is 12. The van der Waals surface area contributed by atoms with Crippen molar-refractivity contribution in [3.8, 4) is 6.07 Å². The van der Waals surface area contributed by atoms with E-state index in [4.69, 9.17) is 5.73 Å². The Hall–Kier alpha value is -1.63. The fourth-order valence-corrected chi connectivity index (χ4v) is 4.66. The van der Waals surface area contributed by atoms with Gasteiger partial charge in [-0.25, -0.2) is 4.39 Å². The van der Waals surface area contributed by atoms with E-state index in [-0.39, 0.29) is 23.7 Å². The van der Waals surface area contributed by atoms with E-state index < -0.39 is 11.3 Å². The Bertz CT molecular complexity index is 627. The van der Waals surface area contributed by atoms with Crippen molar-refractivity contribution in [2.45, 2.75) is 92.4 Å². The predicted molar refractivity (Wildman–Crippen MR) is 114 cm³/mol. The van der Waals surface area contributed by atoms with Gasteiger partial charge >= 0.3 is 0 Å². The molecule has 3 nitrogen and oxygen atoms in total. The van der Waals surface area contributed by atoms with E-state index in [1.165, 1.54) is 0 Å². The summed E-state index contributed by atoms with van der Waals surface area (Å²) in [6.07, 6.45) is 8.72. The minimum atomic E-state index is -0.772. The van der Waals surface area contributed by atoms with Crippen LogP contribution < -0.4 is 5.73 Å². The SMILES string of the molecule is CCCC1(CCCC(C)C)C(F)=C(C#N)C=C(CCCC(C)C)C1CC(N)=O. The molecule has 1 rings (SSSR count). The molecular weight excluding hydrogens is 351 g/mol. The van der Waals surface area contributed by atoms with Crippen LogP contribution in [0.3, 0.4) is 0 Å². The van der Waals surface area contributed by atoms with E-state index in [0.29, 0.717) is 24.7 Å². The first-order valence-corrected chi connectivity index (χ1v) is 11.0. The van der Waals surface area contributed by atoms with Crippen LogP contribution in [0.2, 0.25) is 0 Å². The topological polar surface area (TPSA) is 66.9 Å². The molecule has 0 saturated carbocycles. The standard InChI is InChI=1S/C24H39FN2O/c1-6-12-24(13-8-10-18(4)5)21(15-22(27)28)19(11-7-9-17(2)3)14-20(16-26)23(24)25/h14,17-18,21H,6-13,15H2,1-5H3,(H2,27,28). The first-order chi connectivity index (χ1) is 13.2. The average Bonchev–Trinajstić information content (AvgIpc) is 2.60. The summed E-state index contributed by atoms with van der Waals surface area (Å²) in [5.74, 6) is 0.187. The van der Waals surface area contributed by atoms with E-state index >= 15 is 4.39 Å². The third kappa shape index (κ3) is 6.47. The van der Waals surface area contributed by atoms with Gasteiger partial charge in [0, 0.05) is 17.8 Å². The summed E-state index contributed by atoms with van der Waals surface area (Å²) in [5, 5.41) is 9.59. The second-order valence-corrected chi connectivity index (χ2v) is 9.26. The van der Waals surface area contributed by atoms with E-state index in [9.17, 15) is 10.1 Å². The van der Waals surface area contributed by atoms with Crippen LogP contribution in [-0.2, 0) is 4.79 Å². The van der Waals surface area contributed by atoms with Crippen LogP contribution in [0.4, 0.5) is 4.39 Å². The Kier molecular flexibility index (Phi) is 9.93. The Morgan fingerprint density at radius 1 is 1.21 bits per heavy atom. The number of amides is 1. The third-order valence-corrected chi connectivity index (χ3v) is 5.99. The zero-order valence-corrected chi connectivity index (χ0v) is 18.5. The quantitative estimate of drug-likeness (QED) is 0.407. The molecule has 0 fully saturated rings. The maximum Gasteiger partial charge on any atom is 0.218 e. The van der Waals surface area contributed by atoms with Crippen molar-refractivity contribution in [2.75, 3.05) is 0 Å². The van der Waals surface area contributed by atoms with Crippen molar-refractivity contribution in [3.63, 3.8) is 0 Å². The molecule has 1 aliphatic rings. The predicted octanol–water partition coefficient (Wildman–Crippen LogP) is 6.60. The molecule has 28 heavy (non-hydrogen) atoms. The highest BCUT2D eigenvalue weighted by atomic mass is 19.1. The van der Waals surface area contributed by atoms with Crippen LogP contribution in [0.25, 0.3) is 0 Å². The van der Waals surface area contributed by atoms with Gasteiger partial charge in [0.1, 0.15) is 11.9 Å². The summed E-state index contributed by atoms with van der Waals surface area (Å²) >= 11 is 0. The number of halogens is 1. The number of hydrogen-bond acceptors (Lipinski definition) is 2. The lowest BCUT2D eigenvalue weighted by Gasteiger charge is -2.44. The minimum absolute atomic E-state index is 0.151. The number of allylic oxidation sites excluding steroid dienone is 4. The van der Waals surface area contributed by atoms with Crippen LogP contribution in [0.1, 0.15) is 92.4 Å². The van der Waals surface area contributed by atoms with Gasteiger partial charge in [0.2, 0.25) is 5.91 Å². The molecule has 1 amide bonds. The Balaban J connectivity index is 3.35. The van der Waals surface area contributed by atoms with Crippen LogP contribution >= 0.6 is 0 Å². The van der Waals surface area contributed by atoms with E-state index in [2.05, 4.69) is 33.8 Å². The Morgan fingerprint density at radius 3 is 2.32 bits per heavy atom. The fraction of sp³-hybridized carbons (Fsp3) is 0.750. The average molecular weight is 391 g/mol. The first kappa shape index (κ1) is 24.4. The van der Waals surface area contributed by atoms with Gasteiger partial charge in [0.15, 0.2) is 0 Å². The van der Waals surface area contributed by atoms with Gasteiger partial charge in [-0.3, -0.25) is 4.79 Å². The molecule has 0 aliphatic heterocycles. The summed E-state index contributed by atoms with van der Waals surface area (Å²) < 4.78 is 15.7. The van der Waals surface area contributed by atoms with Crippen molar-refractivity contribution in [1.29, 1.82) is 5.26 Å². The molecule has 0 spiro atoms. The summed E-state index contributed by atoms with van der Waals surface area (Å²) in [6.45, 7) is 10.7. The van der Waals surface area contributed by atoms with Crippen molar-refractivity contribution < 1.29 is 9.18 Å². The highest BCUT2D eigenvalue weighted by molar-refractivity contribution is 5.75. The molecule has 2 atom stereocenters. The smallest absolute Gasteiger partial charge is 0.218 e. The molecular formula is C24H39FN2O. The second kappa shape index (κ2) is 11.4. The van der Waals surface area contributed by atoms with E-state index in [1.54, 1.807) is 6.08 Å². The van der Waals surface area contributed by atoms with Crippen LogP contribution in [0.15, 0.2) is 23.0 Å². The maximum atomic E-state index is 15.7. The number of carbonyl (C=O) groups excluding carboxylic acids is 1. The molecule has 4 heteroatoms. The lowest BCUT2D eigenvalue weighted by Crippen LogP contribution is -2.38. The lowest BCUT2D eigenvalue weighted by atomic mass is 9.60. The normalized spacial score (nSPS) is 22.5. The zero-order valence-electron chi connectivity index (χ0n) is 18.5. The number of nitrogens with zero attached hydrogens (tertiary/aromatic N) is 1. The van der Waals surface area contributed by atoms with Crippen LogP contribution in [0.5, 0.6) is 0 Å². The number of primary amides is 1. The van der Waals surface area contributed by atoms with Crippen LogP contribution in [0, 0.1) is 34.5 Å². The fourth-order valence-electron chi connectivity index (χ4n) is 4.66. The highest BCUT2D eigenvalue weighted by Crippen LogP contribution is 2.54. The number of hydrogen-bond donors (Lipinski definition) is 1. The maximum absolute atomic E-state index is 15.7. The van der Waals surface area contributed by atoms with Crippen molar-refractivity contribution in [3.05, 3.63) is 23.0 Å². The summed E-state index contributed by atoms with van der Waals surface area (Å²) in [7, 11) is 0. The van der Waals surface area contributed by atoms with Gasteiger partial charge in [-0.05, 0) is 43.6 Å². The molecule has 158 valence electrons. The van der Waals surface area contributed by atoms with Crippen molar-refractivity contribution in [2.24, 2.45) is 28.9 Å². The number of carbonyl (C=O) groups is 1. The molecule has 0 bridgehead atoms. The largest absolute Gasteiger partial charge is 0.370 e. The Morgan fingerprint density at radius 2 is 1.82 bits per heavy atom. The van der Waals surface area contributed by atoms with Crippen molar-refractivity contribution >= 4 is 5.91 Å². The first-order valence-electron chi connectivity index (χ1n) is 11.0. The lowest BCUT2D eigenvalue weighted by molar-refractivity contribution is -0.119. The molecule has 0 radical (unpaired) electrons. The molecule has 0 heterocycles. The zero-order chi connectivity index (χ0) is 21.3. The second-order valence-electron chi connectivity index (χ2n) is 9.26. The van der Waals surface area contributed by atoms with Gasteiger partial charge in [0.25, 0.3) is 0 Å². The van der Waals surface area contributed by atoms with Gasteiger partial charge < -0.3 is 5.73 Å². The minimum Gasteiger partial charge on any atom is -0.370 e. The Labute approximate surface area is 171 Å². The summed E-state index contributed by atoms with van der Waals surface area (Å²) in [5.41, 5.74) is 6.02. The molecule has 0 aromatic carbocycles. The molecule has 0 saturated heterocycles. The number of nitriles is 1. The third-order valence-electron chi connectivity index (χ3n) is 5.99. The summed E-state index contributed by atoms with van der Waals surface area (Å²) in [6, 6.07) is 2.08. The van der Waals surface area contributed by atoms with Gasteiger partial charge in [-0.1, -0.05) is 65.9 Å². The van der Waals surface area contributed by atoms with E-state index in [0.717, 1.165) is 44.1 Å². The molecule has 2 N–H and O–H groups in total. The molecule has 2 unspecified atom stereocenters. The number of nitrogens with two attached hydrogens (primary N) is 1. The monoisotopic (exact) mass is 390 g/mol. The van der Waals surface area contributed by atoms with E-state index in [1.807, 2.05) is 6.92 Å². The van der Waals surface area contributed by atoms with Gasteiger partial charge in [-0.2, -0.15) is 5.26 Å². The van der Waals surface area contributed by atoms with Crippen LogP contribution in [-0.4, -0.2) is 5.91 Å². The molecule has 0 aromatic heterocycles. The molecule has 0 aromatic rings.